The SMILES string of the molecule is O=c1c2ccccc2c2cc3ccccc3c3c4c5ccccc5ccc4n1c23. The summed E-state index contributed by atoms with van der Waals surface area (Å²) in [5, 5.41) is 10.0. The van der Waals surface area contributed by atoms with Gasteiger partial charge in [0, 0.05) is 21.5 Å². The number of pyridine rings is 1. The molecule has 7 rings (SSSR count). The highest BCUT2D eigenvalue weighted by Crippen LogP contribution is 2.41. The molecule has 0 atom stereocenters. The van der Waals surface area contributed by atoms with Gasteiger partial charge in [-0.15, -0.1) is 0 Å². The maximum atomic E-state index is 13.6. The van der Waals surface area contributed by atoms with Gasteiger partial charge in [-0.05, 0) is 45.1 Å². The smallest absolute Gasteiger partial charge is 0.263 e. The average molecular weight is 369 g/mol. The van der Waals surface area contributed by atoms with Crippen LogP contribution in [-0.4, -0.2) is 4.40 Å². The molecular weight excluding hydrogens is 354 g/mol. The Balaban J connectivity index is 2.00. The summed E-state index contributed by atoms with van der Waals surface area (Å²) < 4.78 is 1.93. The first-order valence-corrected chi connectivity index (χ1v) is 9.85. The zero-order valence-corrected chi connectivity index (χ0v) is 15.5. The van der Waals surface area contributed by atoms with Crippen LogP contribution in [0.15, 0.2) is 95.8 Å². The molecule has 0 fully saturated rings. The van der Waals surface area contributed by atoms with Gasteiger partial charge in [-0.1, -0.05) is 72.8 Å². The standard InChI is InChI=1S/C27H15NO/c29-27-21-12-6-5-11-20(21)22-15-17-8-2-4-10-19(17)25-24-18-9-3-1-7-16(18)13-14-23(24)28(27)26(22)25/h1-15H. The summed E-state index contributed by atoms with van der Waals surface area (Å²) in [6, 6.07) is 31.4. The van der Waals surface area contributed by atoms with Gasteiger partial charge in [0.25, 0.3) is 5.56 Å². The first-order chi connectivity index (χ1) is 14.3. The number of rotatable bonds is 0. The zero-order chi connectivity index (χ0) is 19.1. The first-order valence-electron chi connectivity index (χ1n) is 9.85. The van der Waals surface area contributed by atoms with Crippen LogP contribution in [0.2, 0.25) is 0 Å². The molecule has 0 aliphatic carbocycles. The van der Waals surface area contributed by atoms with Gasteiger partial charge in [0.1, 0.15) is 0 Å². The van der Waals surface area contributed by atoms with E-state index in [0.717, 1.165) is 32.6 Å². The van der Waals surface area contributed by atoms with E-state index in [1.54, 1.807) is 0 Å². The number of hydrogen-bond donors (Lipinski definition) is 0. The molecule has 0 aliphatic rings. The van der Waals surface area contributed by atoms with Crippen LogP contribution < -0.4 is 5.56 Å². The number of nitrogens with zero attached hydrogens (tertiary/aromatic N) is 1. The molecule has 134 valence electrons. The van der Waals surface area contributed by atoms with Crippen LogP contribution in [-0.2, 0) is 0 Å². The number of fused-ring (bicyclic) bond motifs is 9. The van der Waals surface area contributed by atoms with E-state index >= 15 is 0 Å². The number of hydrogen-bond acceptors (Lipinski definition) is 1. The molecule has 29 heavy (non-hydrogen) atoms. The third-order valence-electron chi connectivity index (χ3n) is 6.29. The fourth-order valence-electron chi connectivity index (χ4n) is 5.09. The molecule has 0 N–H and O–H groups in total. The molecule has 0 saturated heterocycles. The van der Waals surface area contributed by atoms with Crippen molar-refractivity contribution in [3.05, 3.63) is 101 Å². The third-order valence-corrected chi connectivity index (χ3v) is 6.29. The van der Waals surface area contributed by atoms with Gasteiger partial charge in [-0.3, -0.25) is 9.20 Å². The van der Waals surface area contributed by atoms with Crippen molar-refractivity contribution < 1.29 is 0 Å². The van der Waals surface area contributed by atoms with E-state index in [1.165, 1.54) is 26.9 Å². The molecule has 2 heterocycles. The fraction of sp³-hybridized carbons (Fsp3) is 0. The van der Waals surface area contributed by atoms with E-state index in [-0.39, 0.29) is 5.56 Å². The molecule has 0 bridgehead atoms. The van der Waals surface area contributed by atoms with Crippen LogP contribution in [0.25, 0.3) is 59.5 Å². The molecule has 5 aromatic carbocycles. The van der Waals surface area contributed by atoms with Crippen molar-refractivity contribution in [3.63, 3.8) is 0 Å². The van der Waals surface area contributed by atoms with Crippen molar-refractivity contribution in [1.29, 1.82) is 0 Å². The lowest BCUT2D eigenvalue weighted by Gasteiger charge is -2.08. The molecule has 0 amide bonds. The van der Waals surface area contributed by atoms with Crippen LogP contribution in [0, 0.1) is 0 Å². The molecule has 0 aliphatic heterocycles. The minimum absolute atomic E-state index is 0.0543. The van der Waals surface area contributed by atoms with E-state index in [4.69, 9.17) is 0 Å². The van der Waals surface area contributed by atoms with Crippen molar-refractivity contribution >= 4 is 59.5 Å². The molecule has 0 saturated carbocycles. The van der Waals surface area contributed by atoms with Crippen molar-refractivity contribution in [3.8, 4) is 0 Å². The lowest BCUT2D eigenvalue weighted by molar-refractivity contribution is 1.21. The summed E-state index contributed by atoms with van der Waals surface area (Å²) in [5.74, 6) is 0. The van der Waals surface area contributed by atoms with Crippen molar-refractivity contribution in [1.82, 2.24) is 4.40 Å². The van der Waals surface area contributed by atoms with Crippen LogP contribution in [0.1, 0.15) is 0 Å². The highest BCUT2D eigenvalue weighted by molar-refractivity contribution is 6.33. The second-order valence-corrected chi connectivity index (χ2v) is 7.74. The Hall–Kier alpha value is -3.91. The van der Waals surface area contributed by atoms with Gasteiger partial charge in [0.15, 0.2) is 0 Å². The maximum Gasteiger partial charge on any atom is 0.263 e. The van der Waals surface area contributed by atoms with E-state index < -0.39 is 0 Å². The second-order valence-electron chi connectivity index (χ2n) is 7.74. The van der Waals surface area contributed by atoms with E-state index in [2.05, 4.69) is 72.8 Å². The average Bonchev–Trinajstić information content (AvgIpc) is 3.14. The maximum absolute atomic E-state index is 13.6. The molecular formula is C27H15NO. The fourth-order valence-corrected chi connectivity index (χ4v) is 5.09. The van der Waals surface area contributed by atoms with Gasteiger partial charge >= 0.3 is 0 Å². The normalized spacial score (nSPS) is 12.3. The van der Waals surface area contributed by atoms with Gasteiger partial charge in [-0.25, -0.2) is 0 Å². The van der Waals surface area contributed by atoms with Gasteiger partial charge in [-0.2, -0.15) is 0 Å². The minimum atomic E-state index is 0.0543. The second kappa shape index (κ2) is 5.12. The van der Waals surface area contributed by atoms with E-state index in [9.17, 15) is 4.79 Å². The minimum Gasteiger partial charge on any atom is -0.275 e. The summed E-state index contributed by atoms with van der Waals surface area (Å²) in [6.07, 6.45) is 0. The molecule has 2 heteroatoms. The molecule has 2 aromatic heterocycles. The van der Waals surface area contributed by atoms with Crippen LogP contribution >= 0.6 is 0 Å². The van der Waals surface area contributed by atoms with Crippen LogP contribution in [0.5, 0.6) is 0 Å². The molecule has 7 aromatic rings. The quantitative estimate of drug-likeness (QED) is 0.221. The summed E-state index contributed by atoms with van der Waals surface area (Å²) in [4.78, 5) is 13.6. The van der Waals surface area contributed by atoms with Crippen molar-refractivity contribution in [2.75, 3.05) is 0 Å². The molecule has 0 unspecified atom stereocenters. The number of aromatic nitrogens is 1. The van der Waals surface area contributed by atoms with E-state index in [0.29, 0.717) is 0 Å². The summed E-state index contributed by atoms with van der Waals surface area (Å²) >= 11 is 0. The predicted octanol–water partition coefficient (Wildman–Crippen LogP) is 6.50. The molecule has 2 nitrogen and oxygen atoms in total. The van der Waals surface area contributed by atoms with Crippen molar-refractivity contribution in [2.24, 2.45) is 0 Å². The van der Waals surface area contributed by atoms with E-state index in [1.807, 2.05) is 22.6 Å². The van der Waals surface area contributed by atoms with Gasteiger partial charge < -0.3 is 0 Å². The topological polar surface area (TPSA) is 21.5 Å². The zero-order valence-electron chi connectivity index (χ0n) is 15.5. The Morgan fingerprint density at radius 2 is 1.14 bits per heavy atom. The summed E-state index contributed by atoms with van der Waals surface area (Å²) in [6.45, 7) is 0. The van der Waals surface area contributed by atoms with Crippen LogP contribution in [0.3, 0.4) is 0 Å². The largest absolute Gasteiger partial charge is 0.275 e. The Bertz CT molecular complexity index is 1820. The Morgan fingerprint density at radius 3 is 1.93 bits per heavy atom. The molecule has 0 spiro atoms. The van der Waals surface area contributed by atoms with Gasteiger partial charge in [0.2, 0.25) is 0 Å². The highest BCUT2D eigenvalue weighted by Gasteiger charge is 2.20. The summed E-state index contributed by atoms with van der Waals surface area (Å²) in [5.41, 5.74) is 2.06. The Kier molecular flexibility index (Phi) is 2.66. The lowest BCUT2D eigenvalue weighted by Crippen LogP contribution is -2.12. The molecule has 0 radical (unpaired) electrons. The number of benzene rings is 5. The van der Waals surface area contributed by atoms with Gasteiger partial charge in [0.05, 0.1) is 11.0 Å². The Morgan fingerprint density at radius 1 is 0.517 bits per heavy atom. The third kappa shape index (κ3) is 1.74. The lowest BCUT2D eigenvalue weighted by atomic mass is 9.96. The Labute approximate surface area is 165 Å². The van der Waals surface area contributed by atoms with Crippen LogP contribution in [0.4, 0.5) is 0 Å². The highest BCUT2D eigenvalue weighted by atomic mass is 16.1. The summed E-state index contributed by atoms with van der Waals surface area (Å²) in [7, 11) is 0. The first kappa shape index (κ1) is 15.1. The monoisotopic (exact) mass is 369 g/mol. The van der Waals surface area contributed by atoms with Crippen molar-refractivity contribution in [2.45, 2.75) is 0 Å². The predicted molar refractivity (Wildman–Crippen MR) is 122 cm³/mol.